The molecule has 1 aromatic carbocycles. The zero-order chi connectivity index (χ0) is 24.4. The first-order valence-corrected chi connectivity index (χ1v) is 13.0. The Hall–Kier alpha value is -2.46. The predicted molar refractivity (Wildman–Crippen MR) is 132 cm³/mol. The zero-order valence-corrected chi connectivity index (χ0v) is 21.0. The van der Waals surface area contributed by atoms with Gasteiger partial charge in [-0.25, -0.2) is 9.59 Å². The molecule has 2 rings (SSSR count). The Bertz CT molecular complexity index is 899. The number of dihydropyridines is 1. The molecule has 1 heterocycles. The van der Waals surface area contributed by atoms with Crippen LogP contribution in [0.15, 0.2) is 46.8 Å². The second-order valence-electron chi connectivity index (χ2n) is 7.15. The van der Waals surface area contributed by atoms with Gasteiger partial charge in [-0.1, -0.05) is 26.0 Å². The van der Waals surface area contributed by atoms with E-state index in [0.29, 0.717) is 28.5 Å². The van der Waals surface area contributed by atoms with Crippen LogP contribution in [-0.4, -0.2) is 53.1 Å². The number of nitrogens with zero attached hydrogens (tertiary/aromatic N) is 1. The third kappa shape index (κ3) is 7.26. The van der Waals surface area contributed by atoms with E-state index in [1.54, 1.807) is 49.5 Å². The van der Waals surface area contributed by atoms with E-state index < -0.39 is 22.8 Å². The lowest BCUT2D eigenvalue weighted by molar-refractivity contribution is -0.384. The van der Waals surface area contributed by atoms with E-state index in [1.165, 1.54) is 12.1 Å². The molecule has 33 heavy (non-hydrogen) atoms. The number of allylic oxidation sites excluding steroid dienone is 2. The average Bonchev–Trinajstić information content (AvgIpc) is 2.78. The molecule has 0 spiro atoms. The van der Waals surface area contributed by atoms with Gasteiger partial charge < -0.3 is 14.8 Å². The van der Waals surface area contributed by atoms with Crippen molar-refractivity contribution in [3.8, 4) is 0 Å². The van der Waals surface area contributed by atoms with Crippen molar-refractivity contribution in [2.75, 3.05) is 36.2 Å². The van der Waals surface area contributed by atoms with E-state index >= 15 is 0 Å². The summed E-state index contributed by atoms with van der Waals surface area (Å²) in [5.41, 5.74) is 1.90. The number of non-ortho nitro benzene ring substituents is 1. The molecule has 0 unspecified atom stereocenters. The number of rotatable bonds is 12. The number of nitrogens with one attached hydrogen (secondary N) is 1. The molecule has 1 aliphatic heterocycles. The second-order valence-corrected chi connectivity index (χ2v) is 9.94. The van der Waals surface area contributed by atoms with Crippen molar-refractivity contribution < 1.29 is 24.0 Å². The highest BCUT2D eigenvalue weighted by Crippen LogP contribution is 2.40. The number of nitro benzene ring substituents is 1. The van der Waals surface area contributed by atoms with E-state index in [4.69, 9.17) is 9.47 Å². The van der Waals surface area contributed by atoms with Crippen molar-refractivity contribution >= 4 is 41.1 Å². The van der Waals surface area contributed by atoms with E-state index in [2.05, 4.69) is 5.32 Å². The van der Waals surface area contributed by atoms with Crippen LogP contribution in [0.1, 0.15) is 39.2 Å². The molecule has 0 amide bonds. The molecular weight excluding hydrogens is 464 g/mol. The Morgan fingerprint density at radius 3 is 1.97 bits per heavy atom. The molecule has 10 heteroatoms. The molecule has 0 aliphatic carbocycles. The van der Waals surface area contributed by atoms with Crippen molar-refractivity contribution in [3.63, 3.8) is 0 Å². The molecule has 8 nitrogen and oxygen atoms in total. The molecular formula is C23H30N2O6S2. The Labute approximate surface area is 202 Å². The monoisotopic (exact) mass is 494 g/mol. The molecule has 1 aliphatic rings. The number of esters is 2. The third-order valence-electron chi connectivity index (χ3n) is 4.94. The maximum Gasteiger partial charge on any atom is 0.336 e. The fraction of sp³-hybridized carbons (Fsp3) is 0.478. The van der Waals surface area contributed by atoms with Crippen LogP contribution in [0.3, 0.4) is 0 Å². The molecule has 0 saturated carbocycles. The van der Waals surface area contributed by atoms with Crippen LogP contribution < -0.4 is 5.32 Å². The predicted octanol–water partition coefficient (Wildman–Crippen LogP) is 4.42. The minimum absolute atomic E-state index is 0.125. The zero-order valence-electron chi connectivity index (χ0n) is 19.3. The number of thioether (sulfide) groups is 2. The van der Waals surface area contributed by atoms with Gasteiger partial charge in [-0.2, -0.15) is 23.5 Å². The molecule has 0 saturated heterocycles. The number of hydrogen-bond acceptors (Lipinski definition) is 9. The first kappa shape index (κ1) is 26.8. The van der Waals surface area contributed by atoms with Gasteiger partial charge in [0.25, 0.3) is 5.69 Å². The minimum atomic E-state index is -0.844. The normalized spacial score (nSPS) is 14.2. The van der Waals surface area contributed by atoms with Crippen molar-refractivity contribution in [3.05, 3.63) is 62.5 Å². The lowest BCUT2D eigenvalue weighted by atomic mass is 9.80. The summed E-state index contributed by atoms with van der Waals surface area (Å²) in [6, 6.07) is 5.97. The largest absolute Gasteiger partial charge is 0.461 e. The summed E-state index contributed by atoms with van der Waals surface area (Å²) in [5.74, 6) is 1.16. The molecule has 1 N–H and O–H groups in total. The van der Waals surface area contributed by atoms with Crippen molar-refractivity contribution in [2.45, 2.75) is 33.6 Å². The van der Waals surface area contributed by atoms with Crippen molar-refractivity contribution in [1.82, 2.24) is 5.32 Å². The highest BCUT2D eigenvalue weighted by Gasteiger charge is 2.38. The topological polar surface area (TPSA) is 108 Å². The van der Waals surface area contributed by atoms with E-state index in [0.717, 1.165) is 11.5 Å². The van der Waals surface area contributed by atoms with E-state index in [-0.39, 0.29) is 30.0 Å². The van der Waals surface area contributed by atoms with Crippen molar-refractivity contribution in [2.24, 2.45) is 0 Å². The van der Waals surface area contributed by atoms with Crippen LogP contribution in [0.4, 0.5) is 5.69 Å². The quantitative estimate of drug-likeness (QED) is 0.195. The summed E-state index contributed by atoms with van der Waals surface area (Å²) in [6.45, 7) is 7.95. The van der Waals surface area contributed by atoms with E-state index in [9.17, 15) is 19.7 Å². The Morgan fingerprint density at radius 1 is 1.00 bits per heavy atom. The maximum atomic E-state index is 13.1. The summed E-state index contributed by atoms with van der Waals surface area (Å²) >= 11 is 3.30. The number of ether oxygens (including phenoxy) is 2. The van der Waals surface area contributed by atoms with Gasteiger partial charge in [-0.15, -0.1) is 0 Å². The van der Waals surface area contributed by atoms with Gasteiger partial charge in [0.15, 0.2) is 0 Å². The van der Waals surface area contributed by atoms with Gasteiger partial charge in [0, 0.05) is 35.0 Å². The highest BCUT2D eigenvalue weighted by atomic mass is 32.2. The van der Waals surface area contributed by atoms with Gasteiger partial charge in [0.05, 0.1) is 22.0 Å². The van der Waals surface area contributed by atoms with Gasteiger partial charge in [-0.05, 0) is 30.9 Å². The molecule has 0 atom stereocenters. The Kier molecular flexibility index (Phi) is 10.8. The molecule has 0 aromatic heterocycles. The lowest BCUT2D eigenvalue weighted by Gasteiger charge is -2.30. The average molecular weight is 495 g/mol. The summed E-state index contributed by atoms with van der Waals surface area (Å²) in [5, 5.41) is 14.5. The number of nitro groups is 1. The van der Waals surface area contributed by atoms with Crippen LogP contribution in [0.2, 0.25) is 0 Å². The SMILES string of the molecule is CCSCCOC(=O)C1=C(C)NC(C)=C(C(=O)OCCSCC)C1c1cccc([N+](=O)[O-])c1. The highest BCUT2D eigenvalue weighted by molar-refractivity contribution is 7.99. The van der Waals surface area contributed by atoms with Gasteiger partial charge >= 0.3 is 11.9 Å². The lowest BCUT2D eigenvalue weighted by Crippen LogP contribution is -2.33. The van der Waals surface area contributed by atoms with Gasteiger partial charge in [0.2, 0.25) is 0 Å². The van der Waals surface area contributed by atoms with Crippen LogP contribution >= 0.6 is 23.5 Å². The molecule has 0 radical (unpaired) electrons. The first-order chi connectivity index (χ1) is 15.8. The number of carbonyl (C=O) groups is 2. The summed E-state index contributed by atoms with van der Waals surface area (Å²) < 4.78 is 11.0. The third-order valence-corrected chi connectivity index (χ3v) is 6.67. The minimum Gasteiger partial charge on any atom is -0.461 e. The standard InChI is InChI=1S/C23H30N2O6S2/c1-5-32-12-10-30-22(26)19-15(3)24-16(4)20(23(27)31-11-13-33-6-2)21(19)17-8-7-9-18(14-17)25(28)29/h7-9,14,21,24H,5-6,10-13H2,1-4H3. The smallest absolute Gasteiger partial charge is 0.336 e. The first-order valence-electron chi connectivity index (χ1n) is 10.7. The molecule has 180 valence electrons. The summed E-state index contributed by atoms with van der Waals surface area (Å²) in [6.07, 6.45) is 0. The van der Waals surface area contributed by atoms with Crippen LogP contribution in [0.5, 0.6) is 0 Å². The van der Waals surface area contributed by atoms with Crippen LogP contribution in [0.25, 0.3) is 0 Å². The second kappa shape index (κ2) is 13.3. The van der Waals surface area contributed by atoms with Crippen molar-refractivity contribution in [1.29, 1.82) is 0 Å². The fourth-order valence-corrected chi connectivity index (χ4v) is 4.50. The van der Waals surface area contributed by atoms with Crippen LogP contribution in [0, 0.1) is 10.1 Å². The molecule has 0 fully saturated rings. The van der Waals surface area contributed by atoms with Gasteiger partial charge in [0.1, 0.15) is 13.2 Å². The number of benzene rings is 1. The summed E-state index contributed by atoms with van der Waals surface area (Å²) in [4.78, 5) is 37.1. The van der Waals surface area contributed by atoms with Gasteiger partial charge in [-0.3, -0.25) is 10.1 Å². The molecule has 1 aromatic rings. The Morgan fingerprint density at radius 2 is 1.52 bits per heavy atom. The fourth-order valence-electron chi connectivity index (χ4n) is 3.52. The van der Waals surface area contributed by atoms with E-state index in [1.807, 2.05) is 13.8 Å². The molecule has 0 bridgehead atoms. The number of hydrogen-bond donors (Lipinski definition) is 1. The van der Waals surface area contributed by atoms with Crippen LogP contribution in [-0.2, 0) is 19.1 Å². The summed E-state index contributed by atoms with van der Waals surface area (Å²) in [7, 11) is 0. The maximum absolute atomic E-state index is 13.1. The Balaban J connectivity index is 2.46. The number of carbonyl (C=O) groups excluding carboxylic acids is 2.